The number of hydrogen-bond donors (Lipinski definition) is 2. The van der Waals surface area contributed by atoms with Crippen molar-refractivity contribution in [2.75, 3.05) is 11.5 Å². The van der Waals surface area contributed by atoms with Crippen molar-refractivity contribution in [2.45, 2.75) is 0 Å². The monoisotopic (exact) mass is 332 g/mol. The number of aromatic nitrogens is 6. The predicted molar refractivity (Wildman–Crippen MR) is 92.8 cm³/mol. The molecule has 0 saturated heterocycles. The van der Waals surface area contributed by atoms with Gasteiger partial charge in [0.05, 0.1) is 11.1 Å². The molecular weight excluding hydrogens is 320 g/mol. The van der Waals surface area contributed by atoms with E-state index in [2.05, 4.69) is 25.3 Å². The summed E-state index contributed by atoms with van der Waals surface area (Å²) in [5, 5.41) is 8.55. The summed E-state index contributed by atoms with van der Waals surface area (Å²) < 4.78 is 1.24. The van der Waals surface area contributed by atoms with Crippen molar-refractivity contribution >= 4 is 22.8 Å². The summed E-state index contributed by atoms with van der Waals surface area (Å²) in [6.07, 6.45) is 0. The van der Waals surface area contributed by atoms with E-state index in [9.17, 15) is 4.79 Å². The number of benzene rings is 2. The van der Waals surface area contributed by atoms with Gasteiger partial charge in [0, 0.05) is 5.56 Å². The number of fused-ring (bicyclic) bond motifs is 1. The molecule has 0 aliphatic rings. The van der Waals surface area contributed by atoms with Gasteiger partial charge in [-0.25, -0.2) is 0 Å². The van der Waals surface area contributed by atoms with Gasteiger partial charge >= 0.3 is 0 Å². The van der Waals surface area contributed by atoms with Crippen molar-refractivity contribution in [3.8, 4) is 17.1 Å². The smallest absolute Gasteiger partial charge is 0.282 e. The normalized spacial score (nSPS) is 10.9. The quantitative estimate of drug-likeness (QED) is 0.549. The predicted octanol–water partition coefficient (Wildman–Crippen LogP) is 0.797. The zero-order valence-electron chi connectivity index (χ0n) is 12.9. The number of hydrogen-bond acceptors (Lipinski definition) is 8. The minimum Gasteiger partial charge on any atom is -0.368 e. The highest BCUT2D eigenvalue weighted by molar-refractivity contribution is 5.76. The summed E-state index contributed by atoms with van der Waals surface area (Å²) >= 11 is 0. The van der Waals surface area contributed by atoms with Gasteiger partial charge in [-0.2, -0.15) is 19.6 Å². The maximum absolute atomic E-state index is 12.6. The Morgan fingerprint density at radius 3 is 2.24 bits per heavy atom. The topological polar surface area (TPSA) is 138 Å². The van der Waals surface area contributed by atoms with Crippen LogP contribution in [-0.4, -0.2) is 29.9 Å². The van der Waals surface area contributed by atoms with Crippen molar-refractivity contribution in [3.63, 3.8) is 0 Å². The van der Waals surface area contributed by atoms with Crippen molar-refractivity contribution < 1.29 is 0 Å². The molecule has 4 rings (SSSR count). The third-order valence-electron chi connectivity index (χ3n) is 3.61. The summed E-state index contributed by atoms with van der Waals surface area (Å²) in [5.74, 6) is 0.444. The Labute approximate surface area is 141 Å². The molecule has 0 radical (unpaired) electrons. The van der Waals surface area contributed by atoms with Crippen LogP contribution in [0, 0.1) is 0 Å². The van der Waals surface area contributed by atoms with Gasteiger partial charge in [-0.3, -0.25) is 4.79 Å². The van der Waals surface area contributed by atoms with Gasteiger partial charge in [0.1, 0.15) is 5.52 Å². The van der Waals surface area contributed by atoms with Gasteiger partial charge < -0.3 is 11.5 Å². The van der Waals surface area contributed by atoms with Crippen LogP contribution in [-0.2, 0) is 0 Å². The molecule has 9 heteroatoms. The van der Waals surface area contributed by atoms with E-state index in [0.717, 1.165) is 0 Å². The van der Waals surface area contributed by atoms with Crippen molar-refractivity contribution in [1.82, 2.24) is 29.9 Å². The van der Waals surface area contributed by atoms with Crippen LogP contribution in [0.15, 0.2) is 53.3 Å². The lowest BCUT2D eigenvalue weighted by molar-refractivity contribution is 0.738. The fraction of sp³-hybridized carbons (Fsp3) is 0. The minimum atomic E-state index is -0.244. The van der Waals surface area contributed by atoms with Crippen LogP contribution in [0.1, 0.15) is 0 Å². The van der Waals surface area contributed by atoms with Crippen LogP contribution in [0.25, 0.3) is 28.0 Å². The molecule has 9 nitrogen and oxygen atoms in total. The van der Waals surface area contributed by atoms with Gasteiger partial charge in [-0.1, -0.05) is 17.3 Å². The highest BCUT2D eigenvalue weighted by Gasteiger charge is 2.09. The molecule has 4 N–H and O–H groups in total. The Morgan fingerprint density at radius 1 is 0.840 bits per heavy atom. The highest BCUT2D eigenvalue weighted by Crippen LogP contribution is 2.18. The Bertz CT molecular complexity index is 1120. The van der Waals surface area contributed by atoms with Crippen LogP contribution < -0.4 is 17.0 Å². The zero-order chi connectivity index (χ0) is 17.4. The van der Waals surface area contributed by atoms with E-state index >= 15 is 0 Å². The summed E-state index contributed by atoms with van der Waals surface area (Å²) in [6.45, 7) is 0. The number of anilines is 2. The molecule has 2 heterocycles. The molecule has 0 unspecified atom stereocenters. The van der Waals surface area contributed by atoms with Gasteiger partial charge in [0.15, 0.2) is 5.82 Å². The number of nitrogens with zero attached hydrogens (tertiary/aromatic N) is 6. The number of nitrogen functional groups attached to an aromatic ring is 2. The van der Waals surface area contributed by atoms with Gasteiger partial charge in [0.25, 0.3) is 5.56 Å². The van der Waals surface area contributed by atoms with Gasteiger partial charge in [-0.15, -0.1) is 5.10 Å². The van der Waals surface area contributed by atoms with E-state index in [1.165, 1.54) is 4.68 Å². The molecule has 25 heavy (non-hydrogen) atoms. The first-order valence-corrected chi connectivity index (χ1v) is 7.34. The lowest BCUT2D eigenvalue weighted by Gasteiger charge is -2.06. The molecule has 2 aromatic carbocycles. The van der Waals surface area contributed by atoms with Gasteiger partial charge in [-0.05, 0) is 36.4 Å². The van der Waals surface area contributed by atoms with Crippen molar-refractivity contribution in [3.05, 3.63) is 58.9 Å². The summed E-state index contributed by atoms with van der Waals surface area (Å²) in [4.78, 5) is 24.4. The first-order chi connectivity index (χ1) is 12.1. The summed E-state index contributed by atoms with van der Waals surface area (Å²) in [6, 6.07) is 14.0. The van der Waals surface area contributed by atoms with E-state index in [-0.39, 0.29) is 17.5 Å². The van der Waals surface area contributed by atoms with Crippen molar-refractivity contribution in [1.29, 1.82) is 0 Å². The summed E-state index contributed by atoms with van der Waals surface area (Å²) in [5.41, 5.74) is 12.7. The molecule has 0 amide bonds. The average Bonchev–Trinajstić information content (AvgIpc) is 2.62. The van der Waals surface area contributed by atoms with Crippen molar-refractivity contribution in [2.24, 2.45) is 0 Å². The standard InChI is InChI=1S/C16H12N8O/c17-15-19-13(20-16(18)21-15)9-5-7-10(8-6-9)24-14(25)11-3-1-2-4-12(11)22-23-24/h1-8H,(H4,17,18,19,20,21). The third-order valence-corrected chi connectivity index (χ3v) is 3.61. The molecule has 0 aliphatic carbocycles. The maximum Gasteiger partial charge on any atom is 0.282 e. The lowest BCUT2D eigenvalue weighted by atomic mass is 10.2. The largest absolute Gasteiger partial charge is 0.368 e. The lowest BCUT2D eigenvalue weighted by Crippen LogP contribution is -2.22. The number of rotatable bonds is 2. The van der Waals surface area contributed by atoms with Crippen LogP contribution in [0.3, 0.4) is 0 Å². The molecule has 0 fully saturated rings. The number of nitrogens with two attached hydrogens (primary N) is 2. The first-order valence-electron chi connectivity index (χ1n) is 7.34. The van der Waals surface area contributed by atoms with Crippen LogP contribution in [0.5, 0.6) is 0 Å². The highest BCUT2D eigenvalue weighted by atomic mass is 16.1. The van der Waals surface area contributed by atoms with E-state index in [1.807, 2.05) is 6.07 Å². The molecular formula is C16H12N8O. The Balaban J connectivity index is 1.78. The molecule has 0 aliphatic heterocycles. The molecule has 122 valence electrons. The molecule has 0 spiro atoms. The van der Waals surface area contributed by atoms with Crippen LogP contribution in [0.4, 0.5) is 11.9 Å². The molecule has 0 atom stereocenters. The first kappa shape index (κ1) is 14.7. The maximum atomic E-state index is 12.6. The second-order valence-corrected chi connectivity index (χ2v) is 5.25. The summed E-state index contributed by atoms with van der Waals surface area (Å²) in [7, 11) is 0. The molecule has 2 aromatic heterocycles. The SMILES string of the molecule is Nc1nc(N)nc(-c2ccc(-n3nnc4ccccc4c3=O)cc2)n1. The van der Waals surface area contributed by atoms with E-state index in [0.29, 0.717) is 28.0 Å². The van der Waals surface area contributed by atoms with E-state index in [4.69, 9.17) is 11.5 Å². The Morgan fingerprint density at radius 2 is 1.52 bits per heavy atom. The van der Waals surface area contributed by atoms with Gasteiger partial charge in [0.2, 0.25) is 11.9 Å². The molecule has 4 aromatic rings. The Hall–Kier alpha value is -3.88. The third kappa shape index (κ3) is 2.63. The average molecular weight is 332 g/mol. The molecule has 0 bridgehead atoms. The molecule has 0 saturated carbocycles. The Kier molecular flexibility index (Phi) is 3.31. The van der Waals surface area contributed by atoms with Crippen LogP contribution >= 0.6 is 0 Å². The zero-order valence-corrected chi connectivity index (χ0v) is 12.9. The van der Waals surface area contributed by atoms with Crippen LogP contribution in [0.2, 0.25) is 0 Å². The fourth-order valence-electron chi connectivity index (χ4n) is 2.45. The minimum absolute atomic E-state index is 0.0446. The fourth-order valence-corrected chi connectivity index (χ4v) is 2.45. The van der Waals surface area contributed by atoms with E-state index < -0.39 is 0 Å². The van der Waals surface area contributed by atoms with E-state index in [1.54, 1.807) is 42.5 Å². The second kappa shape index (κ2) is 5.64. The second-order valence-electron chi connectivity index (χ2n) is 5.25.